The molecular formula is C34H26O8S2. The molecular weight excluding hydrogens is 601 g/mol. The first-order chi connectivity index (χ1) is 20.9. The number of aryl methyl sites for hydroxylation is 2. The molecule has 2 N–H and O–H groups in total. The number of fused-ring (bicyclic) bond motifs is 2. The molecule has 6 aromatic rings. The molecule has 0 atom stereocenters. The lowest BCUT2D eigenvalue weighted by Crippen LogP contribution is -2.09. The van der Waals surface area contributed by atoms with E-state index in [0.717, 1.165) is 0 Å². The van der Waals surface area contributed by atoms with Crippen molar-refractivity contribution in [1.82, 2.24) is 0 Å². The number of ether oxygens (including phenoxy) is 2. The van der Waals surface area contributed by atoms with Crippen molar-refractivity contribution in [2.45, 2.75) is 23.6 Å². The van der Waals surface area contributed by atoms with Gasteiger partial charge in [0, 0.05) is 11.1 Å². The van der Waals surface area contributed by atoms with Gasteiger partial charge in [0.25, 0.3) is 20.2 Å². The number of hydrogen-bond donors (Lipinski definition) is 2. The van der Waals surface area contributed by atoms with Gasteiger partial charge in [0.1, 0.15) is 32.8 Å². The Morgan fingerprint density at radius 2 is 0.818 bits per heavy atom. The summed E-state index contributed by atoms with van der Waals surface area (Å²) in [6.07, 6.45) is 0. The van der Waals surface area contributed by atoms with Gasteiger partial charge in [-0.05, 0) is 70.8 Å². The van der Waals surface area contributed by atoms with Crippen LogP contribution < -0.4 is 9.47 Å². The molecule has 10 heteroatoms. The van der Waals surface area contributed by atoms with Crippen LogP contribution in [0.3, 0.4) is 0 Å². The smallest absolute Gasteiger partial charge is 0.298 e. The normalized spacial score (nSPS) is 12.0. The fourth-order valence-electron chi connectivity index (χ4n) is 5.34. The van der Waals surface area contributed by atoms with Crippen molar-refractivity contribution in [1.29, 1.82) is 0 Å². The van der Waals surface area contributed by atoms with Crippen LogP contribution in [0.5, 0.6) is 23.0 Å². The van der Waals surface area contributed by atoms with E-state index in [4.69, 9.17) is 9.47 Å². The van der Waals surface area contributed by atoms with E-state index in [0.29, 0.717) is 44.2 Å². The molecule has 0 aliphatic carbocycles. The number of rotatable bonds is 7. The summed E-state index contributed by atoms with van der Waals surface area (Å²) < 4.78 is 87.1. The Balaban J connectivity index is 1.82. The Morgan fingerprint density at radius 3 is 1.18 bits per heavy atom. The highest BCUT2D eigenvalue weighted by molar-refractivity contribution is 7.86. The van der Waals surface area contributed by atoms with Crippen LogP contribution >= 0.6 is 0 Å². The lowest BCUT2D eigenvalue weighted by atomic mass is 9.93. The van der Waals surface area contributed by atoms with E-state index in [-0.39, 0.29) is 22.6 Å². The lowest BCUT2D eigenvalue weighted by Gasteiger charge is -2.22. The molecule has 8 nitrogen and oxygen atoms in total. The van der Waals surface area contributed by atoms with Crippen molar-refractivity contribution < 1.29 is 35.4 Å². The van der Waals surface area contributed by atoms with Crippen LogP contribution in [0.15, 0.2) is 119 Å². The highest BCUT2D eigenvalue weighted by Gasteiger charge is 2.33. The minimum atomic E-state index is -5.09. The van der Waals surface area contributed by atoms with E-state index in [9.17, 15) is 25.9 Å². The average Bonchev–Trinajstić information content (AvgIpc) is 2.97. The maximum atomic E-state index is 13.3. The molecule has 0 aromatic heterocycles. The molecule has 0 bridgehead atoms. The predicted octanol–water partition coefficient (Wildman–Crippen LogP) is 8.35. The monoisotopic (exact) mass is 626 g/mol. The van der Waals surface area contributed by atoms with Crippen molar-refractivity contribution >= 4 is 41.8 Å². The topological polar surface area (TPSA) is 127 Å². The third-order valence-corrected chi connectivity index (χ3v) is 9.17. The van der Waals surface area contributed by atoms with Crippen LogP contribution in [-0.4, -0.2) is 25.9 Å². The highest BCUT2D eigenvalue weighted by atomic mass is 32.2. The molecule has 0 unspecified atom stereocenters. The molecule has 44 heavy (non-hydrogen) atoms. The zero-order valence-electron chi connectivity index (χ0n) is 23.6. The van der Waals surface area contributed by atoms with Gasteiger partial charge >= 0.3 is 0 Å². The molecule has 0 aliphatic rings. The molecule has 0 radical (unpaired) electrons. The van der Waals surface area contributed by atoms with Gasteiger partial charge < -0.3 is 9.47 Å². The standard InChI is InChI=1S/C34H26O8S2/c1-21-11-3-9-17-27(21)41-29-19-23-13-5-7-15-25(23)31(33(29)43(35,36)37)32-26-16-8-6-14-24(26)20-30(34(32)44(38,39)40)42-28-18-10-4-12-22(28)2/h3-20H,1-2H3,(H,35,36,37)(H,38,39,40). The molecule has 0 spiro atoms. The average molecular weight is 627 g/mol. The Morgan fingerprint density at radius 1 is 0.477 bits per heavy atom. The van der Waals surface area contributed by atoms with Gasteiger partial charge in [-0.25, -0.2) is 0 Å². The van der Waals surface area contributed by atoms with Crippen molar-refractivity contribution in [3.8, 4) is 34.1 Å². The van der Waals surface area contributed by atoms with Crippen molar-refractivity contribution in [2.75, 3.05) is 0 Å². The van der Waals surface area contributed by atoms with Crippen LogP contribution in [0.1, 0.15) is 11.1 Å². The van der Waals surface area contributed by atoms with Gasteiger partial charge in [0.2, 0.25) is 0 Å². The van der Waals surface area contributed by atoms with Crippen LogP contribution in [0.2, 0.25) is 0 Å². The molecule has 0 amide bonds. The van der Waals surface area contributed by atoms with Gasteiger partial charge in [-0.2, -0.15) is 16.8 Å². The second kappa shape index (κ2) is 11.1. The fourth-order valence-corrected chi connectivity index (χ4v) is 6.99. The Hall–Kier alpha value is -4.74. The van der Waals surface area contributed by atoms with E-state index in [2.05, 4.69) is 0 Å². The Bertz CT molecular complexity index is 2150. The molecule has 0 saturated heterocycles. The second-order valence-electron chi connectivity index (χ2n) is 10.3. The maximum absolute atomic E-state index is 13.3. The van der Waals surface area contributed by atoms with E-state index in [1.165, 1.54) is 12.1 Å². The van der Waals surface area contributed by atoms with E-state index in [1.807, 2.05) is 0 Å². The van der Waals surface area contributed by atoms with Crippen molar-refractivity contribution in [3.05, 3.63) is 120 Å². The van der Waals surface area contributed by atoms with Gasteiger partial charge in [0.15, 0.2) is 0 Å². The quantitative estimate of drug-likeness (QED) is 0.169. The summed E-state index contributed by atoms with van der Waals surface area (Å²) in [6.45, 7) is 3.56. The van der Waals surface area contributed by atoms with E-state index >= 15 is 0 Å². The number of hydrogen-bond acceptors (Lipinski definition) is 6. The van der Waals surface area contributed by atoms with Crippen LogP contribution in [0.25, 0.3) is 32.7 Å². The molecule has 0 fully saturated rings. The largest absolute Gasteiger partial charge is 0.456 e. The SMILES string of the molecule is Cc1ccccc1Oc1cc2ccccc2c(-c2c(S(=O)(=O)O)c(Oc3ccccc3C)cc3ccccc23)c1S(=O)(=O)O. The summed E-state index contributed by atoms with van der Waals surface area (Å²) in [5.41, 5.74) is 1.05. The van der Waals surface area contributed by atoms with Crippen LogP contribution in [0, 0.1) is 13.8 Å². The summed E-state index contributed by atoms with van der Waals surface area (Å²) in [4.78, 5) is -1.33. The van der Waals surface area contributed by atoms with Gasteiger partial charge in [-0.1, -0.05) is 84.9 Å². The fraction of sp³-hybridized carbons (Fsp3) is 0.0588. The summed E-state index contributed by atoms with van der Waals surface area (Å²) in [6, 6.07) is 30.2. The third-order valence-electron chi connectivity index (χ3n) is 7.33. The summed E-state index contributed by atoms with van der Waals surface area (Å²) in [7, 11) is -10.2. The first kappa shape index (κ1) is 29.3. The van der Waals surface area contributed by atoms with Crippen LogP contribution in [0.4, 0.5) is 0 Å². The predicted molar refractivity (Wildman–Crippen MR) is 169 cm³/mol. The summed E-state index contributed by atoms with van der Waals surface area (Å²) >= 11 is 0. The minimum Gasteiger partial charge on any atom is -0.456 e. The van der Waals surface area contributed by atoms with Crippen molar-refractivity contribution in [2.24, 2.45) is 0 Å². The maximum Gasteiger partial charge on any atom is 0.298 e. The number of benzene rings is 6. The number of para-hydroxylation sites is 2. The van der Waals surface area contributed by atoms with Gasteiger partial charge in [-0.3, -0.25) is 9.11 Å². The van der Waals surface area contributed by atoms with E-state index < -0.39 is 30.0 Å². The molecule has 0 saturated carbocycles. The zero-order chi connectivity index (χ0) is 31.2. The third kappa shape index (κ3) is 5.40. The lowest BCUT2D eigenvalue weighted by molar-refractivity contribution is 0.445. The summed E-state index contributed by atoms with van der Waals surface area (Å²) in [5, 5.41) is 1.57. The second-order valence-corrected chi connectivity index (χ2v) is 13.0. The zero-order valence-corrected chi connectivity index (χ0v) is 25.2. The first-order valence-corrected chi connectivity index (χ1v) is 16.4. The Kier molecular flexibility index (Phi) is 7.38. The van der Waals surface area contributed by atoms with E-state index in [1.54, 1.807) is 111 Å². The highest BCUT2D eigenvalue weighted by Crippen LogP contribution is 2.50. The van der Waals surface area contributed by atoms with Crippen molar-refractivity contribution in [3.63, 3.8) is 0 Å². The first-order valence-electron chi connectivity index (χ1n) is 13.5. The molecule has 222 valence electrons. The van der Waals surface area contributed by atoms with Crippen LogP contribution in [-0.2, 0) is 20.2 Å². The molecule has 0 aliphatic heterocycles. The molecule has 0 heterocycles. The minimum absolute atomic E-state index is 0.173. The molecule has 6 aromatic carbocycles. The van der Waals surface area contributed by atoms with Gasteiger partial charge in [0.05, 0.1) is 0 Å². The van der Waals surface area contributed by atoms with Gasteiger partial charge in [-0.15, -0.1) is 0 Å². The Labute approximate surface area is 254 Å². The molecule has 6 rings (SSSR count). The summed E-state index contributed by atoms with van der Waals surface area (Å²) in [5.74, 6) is 0.197.